The van der Waals surface area contributed by atoms with E-state index in [1.807, 2.05) is 24.3 Å². The Balaban J connectivity index is 1.25. The van der Waals surface area contributed by atoms with Gasteiger partial charge in [-0.05, 0) is 46.5 Å². The van der Waals surface area contributed by atoms with Crippen LogP contribution in [0.2, 0.25) is 0 Å². The highest BCUT2D eigenvalue weighted by molar-refractivity contribution is 6.23. The molecule has 3 aliphatic carbocycles. The lowest BCUT2D eigenvalue weighted by Crippen LogP contribution is -2.41. The summed E-state index contributed by atoms with van der Waals surface area (Å²) in [6.07, 6.45) is 0. The fraction of sp³-hybridized carbons (Fsp3) is 0.276. The summed E-state index contributed by atoms with van der Waals surface area (Å²) in [4.78, 5) is 43.6. The molecule has 8 rings (SSSR count). The molecule has 0 radical (unpaired) electrons. The Labute approximate surface area is 203 Å². The van der Waals surface area contributed by atoms with Crippen molar-refractivity contribution in [1.29, 1.82) is 0 Å². The third-order valence-electron chi connectivity index (χ3n) is 8.12. The molecule has 2 atom stereocenters. The maximum atomic E-state index is 13.8. The number of carbonyl (C=O) groups excluding carboxylic acids is 3. The lowest BCUT2D eigenvalue weighted by Gasteiger charge is -2.45. The normalized spacial score (nSPS) is 26.4. The van der Waals surface area contributed by atoms with Crippen LogP contribution in [0.5, 0.6) is 0 Å². The molecule has 0 saturated carbocycles. The number of hydrogen-bond donors (Lipinski definition) is 0. The molecule has 2 aliphatic heterocycles. The number of carbonyl (C=O) groups is 3. The second-order valence-electron chi connectivity index (χ2n) is 9.73. The molecule has 174 valence electrons. The van der Waals surface area contributed by atoms with Gasteiger partial charge in [0.15, 0.2) is 0 Å². The van der Waals surface area contributed by atoms with Gasteiger partial charge in [-0.1, -0.05) is 48.5 Å². The van der Waals surface area contributed by atoms with Gasteiger partial charge in [-0.3, -0.25) is 14.4 Å². The second kappa shape index (κ2) is 7.62. The van der Waals surface area contributed by atoms with E-state index in [0.717, 1.165) is 22.3 Å². The van der Waals surface area contributed by atoms with Crippen molar-refractivity contribution in [2.24, 2.45) is 11.8 Å². The molecule has 5 aliphatic rings. The van der Waals surface area contributed by atoms with Gasteiger partial charge in [-0.2, -0.15) is 0 Å². The monoisotopic (exact) mass is 464 g/mol. The van der Waals surface area contributed by atoms with E-state index >= 15 is 0 Å². The fourth-order valence-corrected chi connectivity index (χ4v) is 6.63. The zero-order valence-corrected chi connectivity index (χ0v) is 19.1. The largest absolute Gasteiger partial charge is 0.378 e. The van der Waals surface area contributed by atoms with Crippen LogP contribution in [0.1, 0.15) is 44.4 Å². The predicted octanol–water partition coefficient (Wildman–Crippen LogP) is 3.56. The summed E-state index contributed by atoms with van der Waals surface area (Å²) in [7, 11) is 0. The molecular formula is C29H24N2O4. The summed E-state index contributed by atoms with van der Waals surface area (Å²) in [6.45, 7) is 2.21. The zero-order chi connectivity index (χ0) is 23.7. The van der Waals surface area contributed by atoms with Crippen molar-refractivity contribution in [3.05, 3.63) is 101 Å². The molecule has 35 heavy (non-hydrogen) atoms. The quantitative estimate of drug-likeness (QED) is 0.544. The van der Waals surface area contributed by atoms with Gasteiger partial charge in [0.25, 0.3) is 5.91 Å². The van der Waals surface area contributed by atoms with Gasteiger partial charge in [0, 0.05) is 30.5 Å². The van der Waals surface area contributed by atoms with Crippen LogP contribution in [0.15, 0.2) is 72.8 Å². The number of morpholine rings is 1. The number of rotatable bonds is 2. The van der Waals surface area contributed by atoms with Crippen molar-refractivity contribution in [3.8, 4) is 0 Å². The Morgan fingerprint density at radius 1 is 0.686 bits per heavy atom. The summed E-state index contributed by atoms with van der Waals surface area (Å²) < 4.78 is 5.34. The number of imide groups is 1. The third-order valence-corrected chi connectivity index (χ3v) is 8.12. The number of amides is 3. The van der Waals surface area contributed by atoms with E-state index in [-0.39, 0.29) is 29.6 Å². The highest BCUT2D eigenvalue weighted by Crippen LogP contribution is 2.61. The molecule has 2 fully saturated rings. The average molecular weight is 465 g/mol. The van der Waals surface area contributed by atoms with Gasteiger partial charge < -0.3 is 9.64 Å². The first kappa shape index (κ1) is 20.6. The van der Waals surface area contributed by atoms with E-state index in [9.17, 15) is 14.4 Å². The number of nitrogens with zero attached hydrogens (tertiary/aromatic N) is 2. The van der Waals surface area contributed by atoms with Crippen LogP contribution in [0.4, 0.5) is 5.69 Å². The van der Waals surface area contributed by atoms with E-state index in [0.29, 0.717) is 37.6 Å². The minimum absolute atomic E-state index is 0.0588. The van der Waals surface area contributed by atoms with E-state index in [4.69, 9.17) is 4.74 Å². The first-order valence-corrected chi connectivity index (χ1v) is 12.2. The van der Waals surface area contributed by atoms with Crippen molar-refractivity contribution in [2.75, 3.05) is 31.2 Å². The molecule has 2 heterocycles. The minimum Gasteiger partial charge on any atom is -0.378 e. The number of hydrogen-bond acceptors (Lipinski definition) is 4. The van der Waals surface area contributed by atoms with Crippen LogP contribution >= 0.6 is 0 Å². The predicted molar refractivity (Wildman–Crippen MR) is 129 cm³/mol. The molecule has 3 aromatic rings. The summed E-state index contributed by atoms with van der Waals surface area (Å²) in [5, 5.41) is 0. The van der Waals surface area contributed by atoms with Gasteiger partial charge >= 0.3 is 0 Å². The van der Waals surface area contributed by atoms with Gasteiger partial charge in [0.1, 0.15) is 0 Å². The van der Waals surface area contributed by atoms with Gasteiger partial charge in [-0.15, -0.1) is 0 Å². The smallest absolute Gasteiger partial charge is 0.254 e. The number of anilines is 1. The van der Waals surface area contributed by atoms with Gasteiger partial charge in [0.05, 0.1) is 30.7 Å². The van der Waals surface area contributed by atoms with Crippen molar-refractivity contribution >= 4 is 23.4 Å². The Hall–Kier alpha value is -3.77. The molecule has 0 N–H and O–H groups in total. The molecule has 0 aromatic heterocycles. The molecular weight excluding hydrogens is 440 g/mol. The SMILES string of the molecule is O=C(c1ccc(N2C(=O)[C@@H]3C4c5ccccc5C(c5ccccc54)[C@@H]3C2=O)cc1)N1CCOCC1. The molecule has 6 nitrogen and oxygen atoms in total. The first-order valence-electron chi connectivity index (χ1n) is 12.2. The van der Waals surface area contributed by atoms with Crippen LogP contribution in [0.25, 0.3) is 0 Å². The highest BCUT2D eigenvalue weighted by Gasteiger charge is 2.61. The molecule has 2 saturated heterocycles. The Morgan fingerprint density at radius 2 is 1.14 bits per heavy atom. The van der Waals surface area contributed by atoms with Gasteiger partial charge in [0.2, 0.25) is 11.8 Å². The number of ether oxygens (including phenoxy) is 1. The average Bonchev–Trinajstić information content (AvgIpc) is 3.19. The molecule has 6 heteroatoms. The summed E-state index contributed by atoms with van der Waals surface area (Å²) >= 11 is 0. The van der Waals surface area contributed by atoms with Crippen LogP contribution in [-0.2, 0) is 14.3 Å². The first-order chi connectivity index (χ1) is 17.1. The van der Waals surface area contributed by atoms with Crippen molar-refractivity contribution < 1.29 is 19.1 Å². The molecule has 2 bridgehead atoms. The van der Waals surface area contributed by atoms with Crippen LogP contribution in [-0.4, -0.2) is 48.9 Å². The summed E-state index contributed by atoms with van der Waals surface area (Å²) in [5.74, 6) is -1.42. The standard InChI is InChI=1S/C29H24N2O4/c32-27(30-13-15-35-16-14-30)17-9-11-18(12-10-17)31-28(33)25-23-19-5-1-2-6-20(19)24(26(25)29(31)34)22-8-4-3-7-21(22)23/h1-12,23-26H,13-16H2/t23?,24?,25-,26+. The molecule has 0 spiro atoms. The van der Waals surface area contributed by atoms with E-state index in [1.165, 1.54) is 4.90 Å². The lowest BCUT2D eigenvalue weighted by atomic mass is 9.55. The summed E-state index contributed by atoms with van der Waals surface area (Å²) in [6, 6.07) is 23.4. The zero-order valence-electron chi connectivity index (χ0n) is 19.1. The third kappa shape index (κ3) is 2.83. The van der Waals surface area contributed by atoms with E-state index in [1.54, 1.807) is 29.2 Å². The van der Waals surface area contributed by atoms with Crippen LogP contribution in [0, 0.1) is 11.8 Å². The number of benzene rings is 3. The Kier molecular flexibility index (Phi) is 4.48. The van der Waals surface area contributed by atoms with Crippen molar-refractivity contribution in [3.63, 3.8) is 0 Å². The topological polar surface area (TPSA) is 66.9 Å². The van der Waals surface area contributed by atoms with Crippen molar-refractivity contribution in [1.82, 2.24) is 4.90 Å². The van der Waals surface area contributed by atoms with Crippen LogP contribution in [0.3, 0.4) is 0 Å². The van der Waals surface area contributed by atoms with Crippen molar-refractivity contribution in [2.45, 2.75) is 11.8 Å². The fourth-order valence-electron chi connectivity index (χ4n) is 6.63. The van der Waals surface area contributed by atoms with E-state index < -0.39 is 11.8 Å². The molecule has 0 unspecified atom stereocenters. The van der Waals surface area contributed by atoms with Gasteiger partial charge in [-0.25, -0.2) is 4.90 Å². The molecule has 3 aromatic carbocycles. The summed E-state index contributed by atoms with van der Waals surface area (Å²) in [5.41, 5.74) is 5.71. The Morgan fingerprint density at radius 3 is 1.60 bits per heavy atom. The maximum absolute atomic E-state index is 13.8. The molecule has 3 amide bonds. The van der Waals surface area contributed by atoms with E-state index in [2.05, 4.69) is 24.3 Å². The minimum atomic E-state index is -0.410. The lowest BCUT2D eigenvalue weighted by molar-refractivity contribution is -0.122. The highest BCUT2D eigenvalue weighted by atomic mass is 16.5. The van der Waals surface area contributed by atoms with Crippen LogP contribution < -0.4 is 4.90 Å². The maximum Gasteiger partial charge on any atom is 0.254 e. The second-order valence-corrected chi connectivity index (χ2v) is 9.73. The Bertz CT molecular complexity index is 1260.